The average molecular weight is 347 g/mol. The van der Waals surface area contributed by atoms with Crippen molar-refractivity contribution in [3.63, 3.8) is 0 Å². The summed E-state index contributed by atoms with van der Waals surface area (Å²) in [6, 6.07) is 12.6. The van der Waals surface area contributed by atoms with E-state index in [0.717, 1.165) is 32.4 Å². The molecule has 0 radical (unpaired) electrons. The van der Waals surface area contributed by atoms with Crippen LogP contribution in [0.3, 0.4) is 0 Å². The fourth-order valence-electron chi connectivity index (χ4n) is 3.65. The van der Waals surface area contributed by atoms with Crippen LogP contribution in [0.15, 0.2) is 48.8 Å². The number of hydrogen-bond acceptors (Lipinski definition) is 3. The van der Waals surface area contributed by atoms with Crippen molar-refractivity contribution in [1.29, 1.82) is 0 Å². The summed E-state index contributed by atoms with van der Waals surface area (Å²) in [6.07, 6.45) is 6.25. The minimum Gasteiger partial charge on any atom is -0.351 e. The molecule has 0 spiro atoms. The number of nitrogens with zero attached hydrogens (tertiary/aromatic N) is 2. The highest BCUT2D eigenvalue weighted by Crippen LogP contribution is 2.41. The second-order valence-electron chi connectivity index (χ2n) is 6.57. The van der Waals surface area contributed by atoms with Gasteiger partial charge in [-0.1, -0.05) is 30.3 Å². The summed E-state index contributed by atoms with van der Waals surface area (Å²) in [7, 11) is 0. The predicted octanol–water partition coefficient (Wildman–Crippen LogP) is 2.06. The van der Waals surface area contributed by atoms with Gasteiger partial charge in [0.1, 0.15) is 5.54 Å². The van der Waals surface area contributed by atoms with Crippen LogP contribution in [0.1, 0.15) is 30.7 Å². The fraction of sp³-hybridized carbons (Fsp3) is 0.444. The van der Waals surface area contributed by atoms with E-state index in [4.69, 9.17) is 0 Å². The van der Waals surface area contributed by atoms with Crippen LogP contribution in [0.5, 0.6) is 0 Å². The second-order valence-corrected chi connectivity index (χ2v) is 6.57. The lowest BCUT2D eigenvalue weighted by molar-refractivity contribution is -0.132. The van der Waals surface area contributed by atoms with Gasteiger partial charge in [0.25, 0.3) is 0 Å². The van der Waals surface area contributed by atoms with Crippen molar-refractivity contribution >= 4 is 18.3 Å². The fourth-order valence-corrected chi connectivity index (χ4v) is 3.65. The molecule has 2 heterocycles. The van der Waals surface area contributed by atoms with Gasteiger partial charge in [0, 0.05) is 24.4 Å². The van der Waals surface area contributed by atoms with Gasteiger partial charge < -0.3 is 10.6 Å². The third kappa shape index (κ3) is 3.06. The van der Waals surface area contributed by atoms with E-state index in [1.54, 1.807) is 6.20 Å². The first-order chi connectivity index (χ1) is 11.3. The van der Waals surface area contributed by atoms with Crippen molar-refractivity contribution in [2.24, 2.45) is 0 Å². The summed E-state index contributed by atoms with van der Waals surface area (Å²) in [4.78, 5) is 13.0. The third-order valence-electron chi connectivity index (χ3n) is 5.13. The largest absolute Gasteiger partial charge is 0.351 e. The predicted molar refractivity (Wildman–Crippen MR) is 95.3 cm³/mol. The van der Waals surface area contributed by atoms with Crippen LogP contribution < -0.4 is 10.6 Å². The molecule has 1 amide bonds. The average Bonchev–Trinajstić information content (AvgIpc) is 3.14. The topological polar surface area (TPSA) is 59.0 Å². The molecule has 0 bridgehead atoms. The van der Waals surface area contributed by atoms with Crippen molar-refractivity contribution in [3.05, 3.63) is 54.4 Å². The Morgan fingerprint density at radius 1 is 1.21 bits per heavy atom. The van der Waals surface area contributed by atoms with Crippen LogP contribution in [0.25, 0.3) is 0 Å². The molecule has 1 aromatic heterocycles. The first-order valence-electron chi connectivity index (χ1n) is 8.36. The molecule has 2 aliphatic rings. The number of hydrogen-bond donors (Lipinski definition) is 2. The van der Waals surface area contributed by atoms with E-state index in [-0.39, 0.29) is 24.4 Å². The van der Waals surface area contributed by atoms with Crippen LogP contribution in [-0.4, -0.2) is 34.8 Å². The van der Waals surface area contributed by atoms with Gasteiger partial charge in [-0.05, 0) is 44.0 Å². The minimum absolute atomic E-state index is 0. The van der Waals surface area contributed by atoms with Crippen molar-refractivity contribution < 1.29 is 4.79 Å². The van der Waals surface area contributed by atoms with Crippen molar-refractivity contribution in [2.75, 3.05) is 13.1 Å². The first kappa shape index (κ1) is 17.0. The molecule has 1 aromatic carbocycles. The van der Waals surface area contributed by atoms with E-state index in [1.807, 2.05) is 23.0 Å². The highest BCUT2D eigenvalue weighted by Gasteiger charge is 2.46. The quantitative estimate of drug-likeness (QED) is 0.891. The SMILES string of the molecule is Cl.O=C(NC1CC1c1ccccc1)C1(n2cccn2)CCNCC1. The Labute approximate surface area is 148 Å². The molecule has 1 aliphatic carbocycles. The maximum Gasteiger partial charge on any atom is 0.248 e. The number of carbonyl (C=O) groups is 1. The van der Waals surface area contributed by atoms with Gasteiger partial charge in [0.05, 0.1) is 0 Å². The molecule has 1 saturated heterocycles. The number of carbonyl (C=O) groups excluding carboxylic acids is 1. The summed E-state index contributed by atoms with van der Waals surface area (Å²) in [5, 5.41) is 11.0. The zero-order valence-electron chi connectivity index (χ0n) is 13.5. The second kappa shape index (κ2) is 6.95. The van der Waals surface area contributed by atoms with Gasteiger partial charge in [0.15, 0.2) is 0 Å². The Morgan fingerprint density at radius 2 is 1.96 bits per heavy atom. The zero-order valence-corrected chi connectivity index (χ0v) is 14.3. The number of rotatable bonds is 4. The van der Waals surface area contributed by atoms with Crippen LogP contribution in [0.2, 0.25) is 0 Å². The van der Waals surface area contributed by atoms with E-state index in [9.17, 15) is 4.79 Å². The number of halogens is 1. The molecule has 2 aromatic rings. The van der Waals surface area contributed by atoms with Crippen LogP contribution in [0, 0.1) is 0 Å². The van der Waals surface area contributed by atoms with Gasteiger partial charge in [-0.2, -0.15) is 5.10 Å². The first-order valence-corrected chi connectivity index (χ1v) is 8.36. The maximum atomic E-state index is 13.0. The molecule has 2 fully saturated rings. The van der Waals surface area contributed by atoms with Crippen molar-refractivity contribution in [1.82, 2.24) is 20.4 Å². The lowest BCUT2D eigenvalue weighted by Gasteiger charge is -2.36. The summed E-state index contributed by atoms with van der Waals surface area (Å²) in [5.74, 6) is 0.572. The van der Waals surface area contributed by atoms with Crippen molar-refractivity contribution in [3.8, 4) is 0 Å². The molecule has 2 N–H and O–H groups in total. The standard InChI is InChI=1S/C18H22N4O.ClH/c23-17(21-16-13-15(16)14-5-2-1-3-6-14)18(7-10-19-11-8-18)22-12-4-9-20-22;/h1-6,9,12,15-16,19H,7-8,10-11,13H2,(H,21,23);1H. The molecular formula is C18H23ClN4O. The molecule has 24 heavy (non-hydrogen) atoms. The van der Waals surface area contributed by atoms with Crippen LogP contribution in [0.4, 0.5) is 0 Å². The maximum absolute atomic E-state index is 13.0. The molecule has 2 atom stereocenters. The van der Waals surface area contributed by atoms with Crippen LogP contribution in [-0.2, 0) is 10.3 Å². The van der Waals surface area contributed by atoms with E-state index >= 15 is 0 Å². The summed E-state index contributed by atoms with van der Waals surface area (Å²) < 4.78 is 1.85. The Balaban J connectivity index is 0.00000169. The Kier molecular flexibility index (Phi) is 4.92. The van der Waals surface area contributed by atoms with Gasteiger partial charge in [-0.15, -0.1) is 12.4 Å². The number of amides is 1. The monoisotopic (exact) mass is 346 g/mol. The normalized spacial score (nSPS) is 24.7. The lowest BCUT2D eigenvalue weighted by Crippen LogP contribution is -2.55. The van der Waals surface area contributed by atoms with Crippen LogP contribution >= 0.6 is 12.4 Å². The molecule has 1 aliphatic heterocycles. The van der Waals surface area contributed by atoms with Crippen molar-refractivity contribution in [2.45, 2.75) is 36.8 Å². The van der Waals surface area contributed by atoms with E-state index in [2.05, 4.69) is 40.0 Å². The molecule has 5 nitrogen and oxygen atoms in total. The molecule has 2 unspecified atom stereocenters. The van der Waals surface area contributed by atoms with E-state index in [1.165, 1.54) is 5.56 Å². The minimum atomic E-state index is -0.543. The smallest absolute Gasteiger partial charge is 0.248 e. The summed E-state index contributed by atoms with van der Waals surface area (Å²) >= 11 is 0. The number of aromatic nitrogens is 2. The van der Waals surface area contributed by atoms with E-state index < -0.39 is 5.54 Å². The zero-order chi connectivity index (χ0) is 15.7. The highest BCUT2D eigenvalue weighted by atomic mass is 35.5. The molecule has 4 rings (SSSR count). The molecule has 1 saturated carbocycles. The Bertz CT molecular complexity index is 668. The Hall–Kier alpha value is -1.85. The molecule has 128 valence electrons. The summed E-state index contributed by atoms with van der Waals surface area (Å²) in [5.41, 5.74) is 0.773. The number of nitrogens with one attached hydrogen (secondary N) is 2. The summed E-state index contributed by atoms with van der Waals surface area (Å²) in [6.45, 7) is 1.69. The van der Waals surface area contributed by atoms with Gasteiger partial charge in [-0.3, -0.25) is 9.48 Å². The number of piperidine rings is 1. The molecule has 6 heteroatoms. The Morgan fingerprint density at radius 3 is 2.62 bits per heavy atom. The lowest BCUT2D eigenvalue weighted by atomic mass is 9.87. The number of benzene rings is 1. The third-order valence-corrected chi connectivity index (χ3v) is 5.13. The van der Waals surface area contributed by atoms with Gasteiger partial charge >= 0.3 is 0 Å². The molecular weight excluding hydrogens is 324 g/mol. The van der Waals surface area contributed by atoms with Gasteiger partial charge in [-0.25, -0.2) is 0 Å². The van der Waals surface area contributed by atoms with Gasteiger partial charge in [0.2, 0.25) is 5.91 Å². The van der Waals surface area contributed by atoms with E-state index in [0.29, 0.717) is 5.92 Å². The highest BCUT2D eigenvalue weighted by molar-refractivity contribution is 5.85.